The van der Waals surface area contributed by atoms with Gasteiger partial charge in [0, 0.05) is 29.3 Å². The third kappa shape index (κ3) is 3.77. The van der Waals surface area contributed by atoms with Crippen LogP contribution in [0.15, 0.2) is 55.1 Å². The van der Waals surface area contributed by atoms with Gasteiger partial charge in [0.2, 0.25) is 0 Å². The highest BCUT2D eigenvalue weighted by Gasteiger charge is 2.31. The number of benzene rings is 2. The zero-order chi connectivity index (χ0) is 18.9. The third-order valence-corrected chi connectivity index (χ3v) is 4.07. The van der Waals surface area contributed by atoms with E-state index in [0.717, 1.165) is 23.3 Å². The van der Waals surface area contributed by atoms with Gasteiger partial charge in [-0.05, 0) is 55.3 Å². The predicted octanol–water partition coefficient (Wildman–Crippen LogP) is 4.76. The predicted molar refractivity (Wildman–Crippen MR) is 92.4 cm³/mol. The molecule has 0 atom stereocenters. The second kappa shape index (κ2) is 6.67. The lowest BCUT2D eigenvalue weighted by Gasteiger charge is -2.14. The van der Waals surface area contributed by atoms with Crippen LogP contribution in [0.3, 0.4) is 0 Å². The van der Waals surface area contributed by atoms with E-state index in [1.54, 1.807) is 18.2 Å². The van der Waals surface area contributed by atoms with Crippen molar-refractivity contribution >= 4 is 11.6 Å². The summed E-state index contributed by atoms with van der Waals surface area (Å²) in [5.41, 5.74) is 1.82. The largest absolute Gasteiger partial charge is 0.416 e. The van der Waals surface area contributed by atoms with E-state index in [1.165, 1.54) is 29.4 Å². The van der Waals surface area contributed by atoms with Crippen LogP contribution in [0.4, 0.5) is 18.9 Å². The number of aromatic nitrogens is 2. The molecule has 0 fully saturated rings. The molecule has 0 saturated carbocycles. The Labute approximate surface area is 148 Å². The first-order valence-corrected chi connectivity index (χ1v) is 7.83. The lowest BCUT2D eigenvalue weighted by atomic mass is 10.1. The molecule has 134 valence electrons. The summed E-state index contributed by atoms with van der Waals surface area (Å²) in [6.07, 6.45) is -0.140. The van der Waals surface area contributed by atoms with Crippen molar-refractivity contribution in [2.75, 3.05) is 5.32 Å². The minimum atomic E-state index is -4.53. The fourth-order valence-corrected chi connectivity index (χ4v) is 2.49. The number of amides is 1. The van der Waals surface area contributed by atoms with Gasteiger partial charge in [0.1, 0.15) is 0 Å². The van der Waals surface area contributed by atoms with Crippen molar-refractivity contribution in [2.24, 2.45) is 0 Å². The third-order valence-electron chi connectivity index (χ3n) is 4.07. The highest BCUT2D eigenvalue weighted by Crippen LogP contribution is 2.33. The summed E-state index contributed by atoms with van der Waals surface area (Å²) in [5, 5.41) is 2.55. The highest BCUT2D eigenvalue weighted by atomic mass is 19.4. The first-order valence-electron chi connectivity index (χ1n) is 7.83. The number of carbonyl (C=O) groups is 1. The van der Waals surface area contributed by atoms with Crippen LogP contribution in [0.25, 0.3) is 5.69 Å². The van der Waals surface area contributed by atoms with E-state index in [4.69, 9.17) is 0 Å². The van der Waals surface area contributed by atoms with E-state index in [2.05, 4.69) is 10.3 Å². The van der Waals surface area contributed by atoms with Gasteiger partial charge in [0.15, 0.2) is 0 Å². The zero-order valence-corrected chi connectivity index (χ0v) is 14.1. The van der Waals surface area contributed by atoms with Gasteiger partial charge < -0.3 is 9.88 Å². The summed E-state index contributed by atoms with van der Waals surface area (Å²) >= 11 is 0. The van der Waals surface area contributed by atoms with Gasteiger partial charge in [-0.25, -0.2) is 4.98 Å². The Morgan fingerprint density at radius 2 is 1.85 bits per heavy atom. The molecule has 0 bridgehead atoms. The van der Waals surface area contributed by atoms with E-state index < -0.39 is 17.6 Å². The quantitative estimate of drug-likeness (QED) is 0.733. The lowest BCUT2D eigenvalue weighted by molar-refractivity contribution is -0.137. The molecule has 0 aliphatic rings. The maximum absolute atomic E-state index is 13.2. The lowest BCUT2D eigenvalue weighted by Crippen LogP contribution is -2.14. The number of hydrogen-bond donors (Lipinski definition) is 1. The summed E-state index contributed by atoms with van der Waals surface area (Å²) in [6.45, 7) is 3.79. The smallest absolute Gasteiger partial charge is 0.322 e. The summed E-state index contributed by atoms with van der Waals surface area (Å²) < 4.78 is 41.1. The Kier molecular flexibility index (Phi) is 4.54. The molecule has 1 amide bonds. The number of anilines is 1. The SMILES string of the molecule is Cc1ccc(C(=O)Nc2cc(-n3ccnc3)cc(C(F)(F)F)c2)cc1C. The molecule has 0 radical (unpaired) electrons. The molecule has 26 heavy (non-hydrogen) atoms. The number of hydrogen-bond acceptors (Lipinski definition) is 2. The molecule has 0 saturated heterocycles. The number of imidazole rings is 1. The molecule has 3 rings (SSSR count). The molecule has 7 heteroatoms. The minimum Gasteiger partial charge on any atom is -0.322 e. The van der Waals surface area contributed by atoms with Crippen molar-refractivity contribution in [2.45, 2.75) is 20.0 Å². The van der Waals surface area contributed by atoms with E-state index in [-0.39, 0.29) is 11.4 Å². The molecule has 3 aromatic rings. The maximum Gasteiger partial charge on any atom is 0.416 e. The molecule has 0 unspecified atom stereocenters. The van der Waals surface area contributed by atoms with Crippen LogP contribution in [0.1, 0.15) is 27.0 Å². The summed E-state index contributed by atoms with van der Waals surface area (Å²) in [6, 6.07) is 8.53. The van der Waals surface area contributed by atoms with Crippen molar-refractivity contribution in [1.29, 1.82) is 0 Å². The van der Waals surface area contributed by atoms with Crippen LogP contribution in [0.2, 0.25) is 0 Å². The number of alkyl halides is 3. The number of nitrogens with one attached hydrogen (secondary N) is 1. The van der Waals surface area contributed by atoms with Gasteiger partial charge in [-0.2, -0.15) is 13.2 Å². The number of carbonyl (C=O) groups excluding carboxylic acids is 1. The first kappa shape index (κ1) is 17.7. The van der Waals surface area contributed by atoms with Gasteiger partial charge in [-0.15, -0.1) is 0 Å². The Hall–Kier alpha value is -3.09. The first-order chi connectivity index (χ1) is 12.2. The summed E-state index contributed by atoms with van der Waals surface area (Å²) in [7, 11) is 0. The van der Waals surface area contributed by atoms with Crippen LogP contribution in [0, 0.1) is 13.8 Å². The average Bonchev–Trinajstić information content (AvgIpc) is 3.11. The monoisotopic (exact) mass is 359 g/mol. The van der Waals surface area contributed by atoms with E-state index >= 15 is 0 Å². The second-order valence-corrected chi connectivity index (χ2v) is 5.99. The Morgan fingerprint density at radius 3 is 2.46 bits per heavy atom. The minimum absolute atomic E-state index is 0.0618. The van der Waals surface area contributed by atoms with Gasteiger partial charge in [0.05, 0.1) is 11.9 Å². The number of aryl methyl sites for hydroxylation is 2. The molecule has 0 aliphatic carbocycles. The van der Waals surface area contributed by atoms with Crippen LogP contribution < -0.4 is 5.32 Å². The molecule has 4 nitrogen and oxygen atoms in total. The van der Waals surface area contributed by atoms with E-state index in [1.807, 2.05) is 13.8 Å². The number of nitrogens with zero attached hydrogens (tertiary/aromatic N) is 2. The highest BCUT2D eigenvalue weighted by molar-refractivity contribution is 6.04. The molecular weight excluding hydrogens is 343 g/mol. The van der Waals surface area contributed by atoms with Crippen LogP contribution in [-0.2, 0) is 6.18 Å². The molecule has 1 heterocycles. The topological polar surface area (TPSA) is 46.9 Å². The van der Waals surface area contributed by atoms with Crippen molar-refractivity contribution in [3.63, 3.8) is 0 Å². The van der Waals surface area contributed by atoms with Crippen LogP contribution in [-0.4, -0.2) is 15.5 Å². The maximum atomic E-state index is 13.2. The van der Waals surface area contributed by atoms with Crippen molar-refractivity contribution < 1.29 is 18.0 Å². The average molecular weight is 359 g/mol. The fourth-order valence-electron chi connectivity index (χ4n) is 2.49. The number of rotatable bonds is 3. The van der Waals surface area contributed by atoms with Crippen LogP contribution >= 0.6 is 0 Å². The van der Waals surface area contributed by atoms with E-state index in [0.29, 0.717) is 5.56 Å². The molecule has 1 aromatic heterocycles. The zero-order valence-electron chi connectivity index (χ0n) is 14.1. The Bertz CT molecular complexity index is 947. The Morgan fingerprint density at radius 1 is 1.08 bits per heavy atom. The van der Waals surface area contributed by atoms with Crippen molar-refractivity contribution in [3.05, 3.63) is 77.4 Å². The Balaban J connectivity index is 1.97. The van der Waals surface area contributed by atoms with Gasteiger partial charge in [-0.1, -0.05) is 6.07 Å². The summed E-state index contributed by atoms with van der Waals surface area (Å²) in [5.74, 6) is -0.469. The van der Waals surface area contributed by atoms with Crippen molar-refractivity contribution in [1.82, 2.24) is 9.55 Å². The van der Waals surface area contributed by atoms with Gasteiger partial charge in [-0.3, -0.25) is 4.79 Å². The fraction of sp³-hybridized carbons (Fsp3) is 0.158. The van der Waals surface area contributed by atoms with Gasteiger partial charge in [0.25, 0.3) is 5.91 Å². The standard InChI is InChI=1S/C19H16F3N3O/c1-12-3-4-14(7-13(12)2)18(26)24-16-8-15(19(20,21)22)9-17(10-16)25-6-5-23-11-25/h3-11H,1-2H3,(H,24,26). The van der Waals surface area contributed by atoms with Crippen LogP contribution in [0.5, 0.6) is 0 Å². The second-order valence-electron chi connectivity index (χ2n) is 5.99. The normalized spacial score (nSPS) is 11.4. The van der Waals surface area contributed by atoms with E-state index in [9.17, 15) is 18.0 Å². The molecule has 2 aromatic carbocycles. The molecule has 1 N–H and O–H groups in total. The molecule has 0 spiro atoms. The summed E-state index contributed by atoms with van der Waals surface area (Å²) in [4.78, 5) is 16.3. The molecule has 0 aliphatic heterocycles. The van der Waals surface area contributed by atoms with Crippen molar-refractivity contribution in [3.8, 4) is 5.69 Å². The number of halogens is 3. The van der Waals surface area contributed by atoms with Gasteiger partial charge >= 0.3 is 6.18 Å². The molecular formula is C19H16F3N3O.